The van der Waals surface area contributed by atoms with Gasteiger partial charge in [0.2, 0.25) is 0 Å². The van der Waals surface area contributed by atoms with Crippen molar-refractivity contribution in [2.24, 2.45) is 0 Å². The molecule has 0 amide bonds. The maximum atomic E-state index is 10.8. The Morgan fingerprint density at radius 3 is 3.18 bits per heavy atom. The fourth-order valence-corrected chi connectivity index (χ4v) is 2.57. The van der Waals surface area contributed by atoms with Crippen LogP contribution in [-0.4, -0.2) is 17.6 Å². The zero-order valence-corrected chi connectivity index (χ0v) is 9.49. The number of furan rings is 1. The molecule has 17 heavy (non-hydrogen) atoms. The molecule has 2 aromatic heterocycles. The van der Waals surface area contributed by atoms with E-state index >= 15 is 0 Å². The molecule has 0 fully saturated rings. The minimum absolute atomic E-state index is 0.210. The monoisotopic (exact) mass is 251 g/mol. The third kappa shape index (κ3) is 1.76. The van der Waals surface area contributed by atoms with Crippen LogP contribution in [0.4, 0.5) is 5.69 Å². The SMILES string of the molecule is O=C(O)c1cc2c(s1)OC(c1ccco1)CN2. The molecule has 6 heteroatoms. The second kappa shape index (κ2) is 3.81. The van der Waals surface area contributed by atoms with E-state index in [2.05, 4.69) is 5.32 Å². The molecule has 0 aliphatic carbocycles. The lowest BCUT2D eigenvalue weighted by Gasteiger charge is -2.23. The van der Waals surface area contributed by atoms with Crippen LogP contribution in [-0.2, 0) is 0 Å². The van der Waals surface area contributed by atoms with Crippen LogP contribution in [0.25, 0.3) is 0 Å². The molecule has 0 saturated carbocycles. The lowest BCUT2D eigenvalue weighted by atomic mass is 10.2. The van der Waals surface area contributed by atoms with Gasteiger partial charge in [-0.15, -0.1) is 0 Å². The molecule has 0 bridgehead atoms. The molecule has 1 aliphatic heterocycles. The number of nitrogens with one attached hydrogen (secondary N) is 1. The largest absolute Gasteiger partial charge is 0.477 e. The first-order valence-corrected chi connectivity index (χ1v) is 5.87. The summed E-state index contributed by atoms with van der Waals surface area (Å²) in [5.74, 6) is -0.210. The molecule has 2 N–H and O–H groups in total. The van der Waals surface area contributed by atoms with Crippen molar-refractivity contribution < 1.29 is 19.1 Å². The van der Waals surface area contributed by atoms with E-state index in [-0.39, 0.29) is 11.0 Å². The number of carbonyl (C=O) groups is 1. The Hall–Kier alpha value is -1.95. The van der Waals surface area contributed by atoms with Crippen molar-refractivity contribution in [1.29, 1.82) is 0 Å². The highest BCUT2D eigenvalue weighted by atomic mass is 32.1. The van der Waals surface area contributed by atoms with Crippen molar-refractivity contribution >= 4 is 23.0 Å². The minimum Gasteiger partial charge on any atom is -0.477 e. The predicted octanol–water partition coefficient (Wildman–Crippen LogP) is 2.58. The van der Waals surface area contributed by atoms with Gasteiger partial charge in [-0.3, -0.25) is 0 Å². The highest BCUT2D eigenvalue weighted by Crippen LogP contribution is 2.41. The first kappa shape index (κ1) is 10.2. The summed E-state index contributed by atoms with van der Waals surface area (Å²) < 4.78 is 11.0. The Labute approximate surface area is 101 Å². The van der Waals surface area contributed by atoms with Gasteiger partial charge in [-0.25, -0.2) is 4.79 Å². The first-order valence-electron chi connectivity index (χ1n) is 5.05. The van der Waals surface area contributed by atoms with E-state index in [4.69, 9.17) is 14.3 Å². The molecule has 5 nitrogen and oxygen atoms in total. The number of fused-ring (bicyclic) bond motifs is 1. The van der Waals surface area contributed by atoms with Gasteiger partial charge in [0.25, 0.3) is 0 Å². The van der Waals surface area contributed by atoms with Crippen LogP contribution >= 0.6 is 11.3 Å². The molecule has 3 rings (SSSR count). The zero-order chi connectivity index (χ0) is 11.8. The maximum Gasteiger partial charge on any atom is 0.346 e. The lowest BCUT2D eigenvalue weighted by molar-refractivity contribution is 0.0702. The van der Waals surface area contributed by atoms with Crippen molar-refractivity contribution in [1.82, 2.24) is 0 Å². The molecular formula is C11H9NO4S. The van der Waals surface area contributed by atoms with E-state index in [1.807, 2.05) is 6.07 Å². The number of thiophene rings is 1. The third-order valence-corrected chi connectivity index (χ3v) is 3.51. The van der Waals surface area contributed by atoms with Gasteiger partial charge in [-0.05, 0) is 18.2 Å². The van der Waals surface area contributed by atoms with Gasteiger partial charge in [0.15, 0.2) is 11.2 Å². The van der Waals surface area contributed by atoms with Crippen molar-refractivity contribution in [3.63, 3.8) is 0 Å². The number of anilines is 1. The summed E-state index contributed by atoms with van der Waals surface area (Å²) in [5.41, 5.74) is 0.732. The topological polar surface area (TPSA) is 71.7 Å². The number of rotatable bonds is 2. The fourth-order valence-electron chi connectivity index (χ4n) is 1.70. The van der Waals surface area contributed by atoms with Gasteiger partial charge in [-0.2, -0.15) is 0 Å². The normalized spacial score (nSPS) is 18.0. The minimum atomic E-state index is -0.940. The molecule has 0 saturated heterocycles. The summed E-state index contributed by atoms with van der Waals surface area (Å²) in [6.07, 6.45) is 1.38. The Balaban J connectivity index is 1.88. The number of hydrogen-bond donors (Lipinski definition) is 2. The van der Waals surface area contributed by atoms with Gasteiger partial charge < -0.3 is 19.6 Å². The van der Waals surface area contributed by atoms with Crippen LogP contribution in [0, 0.1) is 0 Å². The van der Waals surface area contributed by atoms with E-state index in [0.29, 0.717) is 11.6 Å². The van der Waals surface area contributed by atoms with Gasteiger partial charge in [0.1, 0.15) is 10.6 Å². The average molecular weight is 251 g/mol. The second-order valence-electron chi connectivity index (χ2n) is 3.62. The van der Waals surface area contributed by atoms with E-state index in [9.17, 15) is 4.79 Å². The third-order valence-electron chi connectivity index (χ3n) is 2.50. The van der Waals surface area contributed by atoms with Crippen LogP contribution < -0.4 is 10.1 Å². The van der Waals surface area contributed by atoms with E-state index < -0.39 is 5.97 Å². The first-order chi connectivity index (χ1) is 8.24. The van der Waals surface area contributed by atoms with Gasteiger partial charge in [-0.1, -0.05) is 11.3 Å². The second-order valence-corrected chi connectivity index (χ2v) is 4.63. The van der Waals surface area contributed by atoms with Crippen LogP contribution in [0.5, 0.6) is 5.06 Å². The molecule has 88 valence electrons. The Morgan fingerprint density at radius 1 is 1.59 bits per heavy atom. The Morgan fingerprint density at radius 2 is 2.47 bits per heavy atom. The van der Waals surface area contributed by atoms with E-state index in [1.54, 1.807) is 18.4 Å². The number of aromatic carboxylic acids is 1. The number of ether oxygens (including phenoxy) is 1. The molecule has 3 heterocycles. The highest BCUT2D eigenvalue weighted by molar-refractivity contribution is 7.16. The summed E-state index contributed by atoms with van der Waals surface area (Å²) >= 11 is 1.12. The summed E-state index contributed by atoms with van der Waals surface area (Å²) in [6, 6.07) is 5.22. The van der Waals surface area contributed by atoms with Crippen molar-refractivity contribution in [2.75, 3.05) is 11.9 Å². The van der Waals surface area contributed by atoms with Gasteiger partial charge >= 0.3 is 5.97 Å². The zero-order valence-electron chi connectivity index (χ0n) is 8.67. The van der Waals surface area contributed by atoms with Gasteiger partial charge in [0.05, 0.1) is 18.5 Å². The van der Waals surface area contributed by atoms with Crippen molar-refractivity contribution in [3.05, 3.63) is 35.1 Å². The number of carboxylic acid groups (broad SMARTS) is 1. The molecule has 0 spiro atoms. The molecule has 1 unspecified atom stereocenters. The predicted molar refractivity (Wildman–Crippen MR) is 61.8 cm³/mol. The molecule has 1 aliphatic rings. The highest BCUT2D eigenvalue weighted by Gasteiger charge is 2.26. The summed E-state index contributed by atoms with van der Waals surface area (Å²) in [6.45, 7) is 0.566. The average Bonchev–Trinajstić information content (AvgIpc) is 2.97. The van der Waals surface area contributed by atoms with Crippen LogP contribution in [0.1, 0.15) is 21.5 Å². The van der Waals surface area contributed by atoms with Crippen LogP contribution in [0.3, 0.4) is 0 Å². The maximum absolute atomic E-state index is 10.8. The van der Waals surface area contributed by atoms with Crippen LogP contribution in [0.15, 0.2) is 28.9 Å². The molecular weight excluding hydrogens is 242 g/mol. The van der Waals surface area contributed by atoms with E-state index in [1.165, 1.54) is 0 Å². The summed E-state index contributed by atoms with van der Waals surface area (Å²) in [4.78, 5) is 11.1. The number of hydrogen-bond acceptors (Lipinski definition) is 5. The van der Waals surface area contributed by atoms with E-state index in [0.717, 1.165) is 22.8 Å². The summed E-state index contributed by atoms with van der Waals surface area (Å²) in [7, 11) is 0. The number of carboxylic acids is 1. The van der Waals surface area contributed by atoms with Crippen molar-refractivity contribution in [2.45, 2.75) is 6.10 Å². The fraction of sp³-hybridized carbons (Fsp3) is 0.182. The van der Waals surface area contributed by atoms with Crippen LogP contribution in [0.2, 0.25) is 0 Å². The quantitative estimate of drug-likeness (QED) is 0.858. The molecule has 0 aromatic carbocycles. The smallest absolute Gasteiger partial charge is 0.346 e. The summed E-state index contributed by atoms with van der Waals surface area (Å²) in [5, 5.41) is 12.6. The van der Waals surface area contributed by atoms with Gasteiger partial charge in [0, 0.05) is 0 Å². The van der Waals surface area contributed by atoms with Crippen molar-refractivity contribution in [3.8, 4) is 5.06 Å². The molecule has 0 radical (unpaired) electrons. The molecule has 2 aromatic rings. The Bertz CT molecular complexity index is 546. The Kier molecular flexibility index (Phi) is 2.29. The lowest BCUT2D eigenvalue weighted by Crippen LogP contribution is -2.21. The standard InChI is InChI=1S/C11H9NO4S/c13-10(14)9-4-6-11(17-9)16-8(5-12-6)7-2-1-3-15-7/h1-4,8,12H,5H2,(H,13,14). The molecule has 1 atom stereocenters.